The lowest BCUT2D eigenvalue weighted by Gasteiger charge is -2.05. The normalized spacial score (nSPS) is 10.6. The van der Waals surface area contributed by atoms with Gasteiger partial charge in [0.15, 0.2) is 5.82 Å². The van der Waals surface area contributed by atoms with Crippen molar-refractivity contribution in [1.29, 1.82) is 0 Å². The average Bonchev–Trinajstić information content (AvgIpc) is 2.96. The van der Waals surface area contributed by atoms with Crippen molar-refractivity contribution in [2.75, 3.05) is 17.6 Å². The topological polar surface area (TPSA) is 79.6 Å². The van der Waals surface area contributed by atoms with E-state index in [9.17, 15) is 0 Å². The third-order valence-electron chi connectivity index (χ3n) is 3.39. The molecule has 0 amide bonds. The van der Waals surface area contributed by atoms with E-state index in [0.717, 1.165) is 30.0 Å². The van der Waals surface area contributed by atoms with Crippen LogP contribution in [0.15, 0.2) is 48.5 Å². The lowest BCUT2D eigenvalue weighted by Crippen LogP contribution is -2.06. The summed E-state index contributed by atoms with van der Waals surface area (Å²) in [6, 6.07) is 15.9. The number of nitrogens with zero attached hydrogens (tertiary/aromatic N) is 2. The zero-order valence-electron chi connectivity index (χ0n) is 12.5. The molecule has 0 bridgehead atoms. The van der Waals surface area contributed by atoms with Crippen LogP contribution in [0.4, 0.5) is 11.4 Å². The summed E-state index contributed by atoms with van der Waals surface area (Å²) in [5.74, 6) is 1.54. The molecule has 0 spiro atoms. The van der Waals surface area contributed by atoms with Gasteiger partial charge in [-0.2, -0.15) is 5.10 Å². The Labute approximate surface area is 129 Å². The third kappa shape index (κ3) is 3.44. The molecular weight excluding hydrogens is 274 g/mol. The number of nitrogen functional groups attached to an aromatic ring is 1. The molecule has 112 valence electrons. The zero-order chi connectivity index (χ0) is 15.4. The Bertz CT molecular complexity index is 763. The van der Waals surface area contributed by atoms with Gasteiger partial charge < -0.3 is 11.1 Å². The number of H-pyrrole nitrogens is 1. The van der Waals surface area contributed by atoms with Gasteiger partial charge in [0.1, 0.15) is 5.82 Å². The lowest BCUT2D eigenvalue weighted by molar-refractivity contribution is 0.901. The van der Waals surface area contributed by atoms with E-state index >= 15 is 0 Å². The van der Waals surface area contributed by atoms with Gasteiger partial charge >= 0.3 is 0 Å². The quantitative estimate of drug-likeness (QED) is 0.632. The fourth-order valence-electron chi connectivity index (χ4n) is 2.29. The van der Waals surface area contributed by atoms with Crippen molar-refractivity contribution in [3.63, 3.8) is 0 Å². The highest BCUT2D eigenvalue weighted by atomic mass is 15.2. The molecule has 0 atom stereocenters. The summed E-state index contributed by atoms with van der Waals surface area (Å²) in [6.45, 7) is 2.88. The van der Waals surface area contributed by atoms with Gasteiger partial charge in [-0.25, -0.2) is 4.98 Å². The van der Waals surface area contributed by atoms with E-state index in [1.165, 1.54) is 5.56 Å². The Morgan fingerprint density at radius 1 is 1.14 bits per heavy atom. The second-order valence-corrected chi connectivity index (χ2v) is 5.28. The first-order chi connectivity index (χ1) is 10.7. The van der Waals surface area contributed by atoms with E-state index in [1.54, 1.807) is 0 Å². The highest BCUT2D eigenvalue weighted by Crippen LogP contribution is 2.17. The van der Waals surface area contributed by atoms with Gasteiger partial charge in [-0.3, -0.25) is 5.10 Å². The molecule has 4 N–H and O–H groups in total. The van der Waals surface area contributed by atoms with Crippen molar-refractivity contribution >= 4 is 11.4 Å². The Morgan fingerprint density at radius 2 is 2.00 bits per heavy atom. The van der Waals surface area contributed by atoms with Crippen molar-refractivity contribution in [2.45, 2.75) is 13.3 Å². The summed E-state index contributed by atoms with van der Waals surface area (Å²) in [4.78, 5) is 4.51. The number of anilines is 2. The van der Waals surface area contributed by atoms with Crippen LogP contribution in [0, 0.1) is 6.92 Å². The highest BCUT2D eigenvalue weighted by Gasteiger charge is 2.06. The van der Waals surface area contributed by atoms with E-state index in [-0.39, 0.29) is 0 Å². The SMILES string of the molecule is Cc1cccc(NCCc2nc(-c3cccc(N)c3)n[nH]2)c1. The van der Waals surface area contributed by atoms with Crippen molar-refractivity contribution in [2.24, 2.45) is 0 Å². The number of rotatable bonds is 5. The van der Waals surface area contributed by atoms with E-state index in [1.807, 2.05) is 30.3 Å². The molecule has 3 aromatic rings. The lowest BCUT2D eigenvalue weighted by atomic mass is 10.2. The van der Waals surface area contributed by atoms with Crippen LogP contribution in [-0.4, -0.2) is 21.7 Å². The fourth-order valence-corrected chi connectivity index (χ4v) is 2.29. The van der Waals surface area contributed by atoms with Crippen LogP contribution in [0.3, 0.4) is 0 Å². The molecule has 1 aromatic heterocycles. The number of nitrogens with one attached hydrogen (secondary N) is 2. The van der Waals surface area contributed by atoms with Gasteiger partial charge in [0.25, 0.3) is 0 Å². The van der Waals surface area contributed by atoms with Crippen molar-refractivity contribution in [3.8, 4) is 11.4 Å². The Kier molecular flexibility index (Phi) is 4.05. The number of benzene rings is 2. The summed E-state index contributed by atoms with van der Waals surface area (Å²) in [5.41, 5.74) is 9.79. The molecule has 5 heteroatoms. The molecule has 0 saturated carbocycles. The zero-order valence-corrected chi connectivity index (χ0v) is 12.5. The monoisotopic (exact) mass is 293 g/mol. The number of hydrogen-bond acceptors (Lipinski definition) is 4. The number of hydrogen-bond donors (Lipinski definition) is 3. The number of aromatic nitrogens is 3. The van der Waals surface area contributed by atoms with E-state index in [4.69, 9.17) is 5.73 Å². The number of aryl methyl sites for hydroxylation is 1. The van der Waals surface area contributed by atoms with Gasteiger partial charge in [-0.05, 0) is 36.8 Å². The molecule has 3 rings (SSSR count). The van der Waals surface area contributed by atoms with E-state index in [2.05, 4.69) is 45.6 Å². The minimum absolute atomic E-state index is 0.679. The largest absolute Gasteiger partial charge is 0.399 e. The van der Waals surface area contributed by atoms with Crippen LogP contribution < -0.4 is 11.1 Å². The highest BCUT2D eigenvalue weighted by molar-refractivity contribution is 5.60. The van der Waals surface area contributed by atoms with Gasteiger partial charge in [-0.15, -0.1) is 0 Å². The molecule has 2 aromatic carbocycles. The third-order valence-corrected chi connectivity index (χ3v) is 3.39. The first kappa shape index (κ1) is 14.1. The molecule has 0 saturated heterocycles. The molecule has 1 heterocycles. The molecular formula is C17H19N5. The minimum atomic E-state index is 0.679. The molecule has 0 unspecified atom stereocenters. The molecule has 0 radical (unpaired) electrons. The van der Waals surface area contributed by atoms with Gasteiger partial charge in [0, 0.05) is 29.9 Å². The number of aromatic amines is 1. The molecule has 0 aliphatic carbocycles. The van der Waals surface area contributed by atoms with Crippen molar-refractivity contribution in [3.05, 3.63) is 59.9 Å². The molecule has 5 nitrogen and oxygen atoms in total. The average molecular weight is 293 g/mol. The van der Waals surface area contributed by atoms with Crippen LogP contribution in [0.1, 0.15) is 11.4 Å². The molecule has 22 heavy (non-hydrogen) atoms. The molecule has 0 fully saturated rings. The first-order valence-electron chi connectivity index (χ1n) is 7.28. The Morgan fingerprint density at radius 3 is 2.82 bits per heavy atom. The van der Waals surface area contributed by atoms with Crippen LogP contribution in [0.5, 0.6) is 0 Å². The van der Waals surface area contributed by atoms with E-state index < -0.39 is 0 Å². The molecule has 0 aliphatic rings. The maximum atomic E-state index is 5.78. The maximum absolute atomic E-state index is 5.78. The van der Waals surface area contributed by atoms with Gasteiger partial charge in [-0.1, -0.05) is 24.3 Å². The van der Waals surface area contributed by atoms with Crippen LogP contribution in [-0.2, 0) is 6.42 Å². The maximum Gasteiger partial charge on any atom is 0.181 e. The summed E-state index contributed by atoms with van der Waals surface area (Å²) in [5, 5.41) is 10.6. The molecule has 0 aliphatic heterocycles. The summed E-state index contributed by atoms with van der Waals surface area (Å²) < 4.78 is 0. The standard InChI is InChI=1S/C17H19N5/c1-12-4-2-7-15(10-12)19-9-8-16-20-17(22-21-16)13-5-3-6-14(18)11-13/h2-7,10-11,19H,8-9,18H2,1H3,(H,20,21,22). The number of nitrogens with two attached hydrogens (primary N) is 1. The van der Waals surface area contributed by atoms with Crippen LogP contribution in [0.2, 0.25) is 0 Å². The van der Waals surface area contributed by atoms with E-state index in [0.29, 0.717) is 11.5 Å². The Hall–Kier alpha value is -2.82. The Balaban J connectivity index is 1.60. The predicted octanol–water partition coefficient (Wildman–Crippen LogP) is 3.02. The summed E-state index contributed by atoms with van der Waals surface area (Å²) in [7, 11) is 0. The fraction of sp³-hybridized carbons (Fsp3) is 0.176. The van der Waals surface area contributed by atoms with Crippen molar-refractivity contribution < 1.29 is 0 Å². The van der Waals surface area contributed by atoms with Gasteiger partial charge in [0.2, 0.25) is 0 Å². The summed E-state index contributed by atoms with van der Waals surface area (Å²) in [6.07, 6.45) is 0.781. The van der Waals surface area contributed by atoms with Crippen LogP contribution >= 0.6 is 0 Å². The minimum Gasteiger partial charge on any atom is -0.399 e. The first-order valence-corrected chi connectivity index (χ1v) is 7.28. The second kappa shape index (κ2) is 6.30. The summed E-state index contributed by atoms with van der Waals surface area (Å²) >= 11 is 0. The predicted molar refractivity (Wildman–Crippen MR) is 89.6 cm³/mol. The van der Waals surface area contributed by atoms with Gasteiger partial charge in [0.05, 0.1) is 0 Å². The van der Waals surface area contributed by atoms with Crippen LogP contribution in [0.25, 0.3) is 11.4 Å². The van der Waals surface area contributed by atoms with Crippen molar-refractivity contribution in [1.82, 2.24) is 15.2 Å². The second-order valence-electron chi connectivity index (χ2n) is 5.28. The smallest absolute Gasteiger partial charge is 0.181 e.